The predicted octanol–water partition coefficient (Wildman–Crippen LogP) is 2.10. The third kappa shape index (κ3) is 6.37. The van der Waals surface area contributed by atoms with Crippen LogP contribution < -0.4 is 5.32 Å². The smallest absolute Gasteiger partial charge is 0.0244 e. The summed E-state index contributed by atoms with van der Waals surface area (Å²) in [7, 11) is -0.652. The Labute approximate surface area is 122 Å². The third-order valence-electron chi connectivity index (χ3n) is 3.94. The van der Waals surface area contributed by atoms with Crippen molar-refractivity contribution in [3.63, 3.8) is 0 Å². The number of nitrogens with one attached hydrogen (secondary N) is 1. The highest BCUT2D eigenvalue weighted by Gasteiger charge is 2.29. The first-order valence-electron chi connectivity index (χ1n) is 7.67. The summed E-state index contributed by atoms with van der Waals surface area (Å²) >= 11 is 0. The maximum atomic E-state index is 11.2. The molecule has 0 aromatic heterocycles. The SMILES string of the molecule is CC(C)CC1CN(CCCS(C)=O)C(C(C)C)CN1. The molecule has 19 heavy (non-hydrogen) atoms. The van der Waals surface area contributed by atoms with E-state index >= 15 is 0 Å². The Hall–Kier alpha value is 0.0700. The molecule has 1 aliphatic heterocycles. The van der Waals surface area contributed by atoms with Crippen LogP contribution >= 0.6 is 0 Å². The van der Waals surface area contributed by atoms with E-state index in [9.17, 15) is 4.21 Å². The molecule has 1 aliphatic rings. The average molecular weight is 289 g/mol. The highest BCUT2D eigenvalue weighted by molar-refractivity contribution is 7.84. The van der Waals surface area contributed by atoms with Crippen LogP contribution in [0.25, 0.3) is 0 Å². The monoisotopic (exact) mass is 288 g/mol. The van der Waals surface area contributed by atoms with Crippen molar-refractivity contribution in [2.45, 2.75) is 52.6 Å². The van der Waals surface area contributed by atoms with Gasteiger partial charge in [-0.25, -0.2) is 0 Å². The van der Waals surface area contributed by atoms with E-state index in [1.54, 1.807) is 6.26 Å². The van der Waals surface area contributed by atoms with Crippen LogP contribution in [0, 0.1) is 11.8 Å². The summed E-state index contributed by atoms with van der Waals surface area (Å²) in [5, 5.41) is 3.71. The van der Waals surface area contributed by atoms with Crippen molar-refractivity contribution < 1.29 is 4.21 Å². The van der Waals surface area contributed by atoms with Gasteiger partial charge in [-0.3, -0.25) is 9.11 Å². The minimum atomic E-state index is -0.652. The maximum absolute atomic E-state index is 11.2. The Bertz CT molecular complexity index is 281. The molecule has 0 bridgehead atoms. The van der Waals surface area contributed by atoms with Crippen molar-refractivity contribution >= 4 is 10.8 Å². The van der Waals surface area contributed by atoms with Crippen LogP contribution in [0.15, 0.2) is 0 Å². The van der Waals surface area contributed by atoms with Crippen molar-refractivity contribution in [2.24, 2.45) is 11.8 Å². The van der Waals surface area contributed by atoms with E-state index in [1.807, 2.05) is 0 Å². The molecule has 0 aromatic rings. The number of rotatable bonds is 7. The molecule has 4 heteroatoms. The van der Waals surface area contributed by atoms with Gasteiger partial charge in [-0.2, -0.15) is 0 Å². The lowest BCUT2D eigenvalue weighted by Crippen LogP contribution is -2.58. The van der Waals surface area contributed by atoms with E-state index in [0.717, 1.165) is 37.7 Å². The van der Waals surface area contributed by atoms with Crippen LogP contribution in [-0.4, -0.2) is 52.8 Å². The summed E-state index contributed by atoms with van der Waals surface area (Å²) in [6, 6.07) is 1.26. The van der Waals surface area contributed by atoms with Gasteiger partial charge >= 0.3 is 0 Å². The van der Waals surface area contributed by atoms with Gasteiger partial charge in [0.2, 0.25) is 0 Å². The summed E-state index contributed by atoms with van der Waals surface area (Å²) in [5.74, 6) is 2.27. The van der Waals surface area contributed by atoms with Crippen molar-refractivity contribution in [1.82, 2.24) is 10.2 Å². The van der Waals surface area contributed by atoms with Crippen LogP contribution in [0.3, 0.4) is 0 Å². The van der Waals surface area contributed by atoms with Gasteiger partial charge in [-0.15, -0.1) is 0 Å². The highest BCUT2D eigenvalue weighted by Crippen LogP contribution is 2.18. The molecule has 114 valence electrons. The number of nitrogens with zero attached hydrogens (tertiary/aromatic N) is 1. The second-order valence-corrected chi connectivity index (χ2v) is 8.23. The lowest BCUT2D eigenvalue weighted by atomic mass is 9.95. The van der Waals surface area contributed by atoms with Gasteiger partial charge in [0.1, 0.15) is 0 Å². The summed E-state index contributed by atoms with van der Waals surface area (Å²) < 4.78 is 11.2. The van der Waals surface area contributed by atoms with E-state index in [1.165, 1.54) is 6.42 Å². The molecule has 0 aliphatic carbocycles. The fourth-order valence-electron chi connectivity index (χ4n) is 3.01. The van der Waals surface area contributed by atoms with Gasteiger partial charge in [0.15, 0.2) is 0 Å². The molecular formula is C15H32N2OS. The maximum Gasteiger partial charge on any atom is 0.0244 e. The summed E-state index contributed by atoms with van der Waals surface area (Å²) in [5.41, 5.74) is 0. The number of hydrogen-bond donors (Lipinski definition) is 1. The van der Waals surface area contributed by atoms with E-state index in [2.05, 4.69) is 37.9 Å². The summed E-state index contributed by atoms with van der Waals surface area (Å²) in [4.78, 5) is 2.63. The van der Waals surface area contributed by atoms with Crippen molar-refractivity contribution in [1.29, 1.82) is 0 Å². The fraction of sp³-hybridized carbons (Fsp3) is 1.00. The molecule has 0 amide bonds. The molecule has 1 heterocycles. The lowest BCUT2D eigenvalue weighted by Gasteiger charge is -2.43. The Kier molecular flexibility index (Phi) is 7.55. The van der Waals surface area contributed by atoms with E-state index in [4.69, 9.17) is 0 Å². The number of hydrogen-bond acceptors (Lipinski definition) is 3. The van der Waals surface area contributed by atoms with Crippen molar-refractivity contribution in [3.8, 4) is 0 Å². The fourth-order valence-corrected chi connectivity index (χ4v) is 3.55. The second kappa shape index (κ2) is 8.38. The molecular weight excluding hydrogens is 256 g/mol. The van der Waals surface area contributed by atoms with E-state index in [-0.39, 0.29) is 0 Å². The molecule has 0 spiro atoms. The van der Waals surface area contributed by atoms with Gasteiger partial charge in [0, 0.05) is 48.0 Å². The van der Waals surface area contributed by atoms with Crippen LogP contribution in [-0.2, 0) is 10.8 Å². The van der Waals surface area contributed by atoms with Crippen LogP contribution in [0.2, 0.25) is 0 Å². The highest BCUT2D eigenvalue weighted by atomic mass is 32.2. The van der Waals surface area contributed by atoms with Gasteiger partial charge in [-0.1, -0.05) is 27.7 Å². The normalized spacial score (nSPS) is 27.1. The van der Waals surface area contributed by atoms with Gasteiger partial charge in [-0.05, 0) is 31.2 Å². The minimum Gasteiger partial charge on any atom is -0.311 e. The minimum absolute atomic E-state index is 0.627. The van der Waals surface area contributed by atoms with Gasteiger partial charge < -0.3 is 5.32 Å². The molecule has 0 radical (unpaired) electrons. The number of piperazine rings is 1. The molecule has 3 unspecified atom stereocenters. The quantitative estimate of drug-likeness (QED) is 0.778. The largest absolute Gasteiger partial charge is 0.311 e. The molecule has 3 nitrogen and oxygen atoms in total. The molecule has 1 N–H and O–H groups in total. The zero-order valence-corrected chi connectivity index (χ0v) is 14.1. The lowest BCUT2D eigenvalue weighted by molar-refractivity contribution is 0.0926. The first kappa shape index (κ1) is 17.1. The predicted molar refractivity (Wildman–Crippen MR) is 85.0 cm³/mol. The van der Waals surface area contributed by atoms with E-state index < -0.39 is 10.8 Å². The molecule has 1 fully saturated rings. The average Bonchev–Trinajstić information content (AvgIpc) is 2.27. The Morgan fingerprint density at radius 2 is 2.00 bits per heavy atom. The zero-order valence-electron chi connectivity index (χ0n) is 13.3. The molecule has 1 saturated heterocycles. The Balaban J connectivity index is 2.50. The molecule has 3 atom stereocenters. The first-order chi connectivity index (χ1) is 8.90. The molecule has 1 rings (SSSR count). The Morgan fingerprint density at radius 1 is 1.32 bits per heavy atom. The van der Waals surface area contributed by atoms with Gasteiger partial charge in [0.05, 0.1) is 0 Å². The zero-order chi connectivity index (χ0) is 14.4. The standard InChI is InChI=1S/C15H32N2OS/c1-12(2)9-14-11-17(7-6-8-19(5)18)15(10-16-14)13(3)4/h12-16H,6-11H2,1-5H3. The van der Waals surface area contributed by atoms with Crippen LogP contribution in [0.1, 0.15) is 40.5 Å². The second-order valence-electron chi connectivity index (χ2n) is 6.67. The van der Waals surface area contributed by atoms with Gasteiger partial charge in [0.25, 0.3) is 0 Å². The summed E-state index contributed by atoms with van der Waals surface area (Å²) in [6.45, 7) is 12.5. The third-order valence-corrected chi connectivity index (χ3v) is 4.81. The Morgan fingerprint density at radius 3 is 2.53 bits per heavy atom. The topological polar surface area (TPSA) is 32.3 Å². The molecule has 0 saturated carbocycles. The molecule has 0 aromatic carbocycles. The van der Waals surface area contributed by atoms with Crippen molar-refractivity contribution in [2.75, 3.05) is 31.6 Å². The summed E-state index contributed by atoms with van der Waals surface area (Å²) in [6.07, 6.45) is 4.11. The van der Waals surface area contributed by atoms with Crippen molar-refractivity contribution in [3.05, 3.63) is 0 Å². The van der Waals surface area contributed by atoms with Crippen LogP contribution in [0.5, 0.6) is 0 Å². The first-order valence-corrected chi connectivity index (χ1v) is 9.40. The van der Waals surface area contributed by atoms with E-state index in [0.29, 0.717) is 18.0 Å². The van der Waals surface area contributed by atoms with Crippen LogP contribution in [0.4, 0.5) is 0 Å².